The lowest BCUT2D eigenvalue weighted by Crippen LogP contribution is -2.33. The first kappa shape index (κ1) is 22.3. The zero-order valence-electron chi connectivity index (χ0n) is 18.2. The van der Waals surface area contributed by atoms with Crippen molar-refractivity contribution in [3.8, 4) is 11.4 Å². The molecule has 0 unspecified atom stereocenters. The minimum absolute atomic E-state index is 0.356. The molecule has 1 aromatic heterocycles. The predicted octanol–water partition coefficient (Wildman–Crippen LogP) is 6.46. The van der Waals surface area contributed by atoms with Crippen LogP contribution in [0.4, 0.5) is 4.79 Å². The SMILES string of the molecule is CCCCCCCCCCCCc1ccc(-c2noc(C3(NC(=O)O)CC3)n2)cc1. The minimum atomic E-state index is -1.07. The van der Waals surface area contributed by atoms with Crippen molar-refractivity contribution >= 4 is 6.09 Å². The first-order chi connectivity index (χ1) is 14.6. The molecule has 0 aliphatic heterocycles. The Morgan fingerprint density at radius 2 is 1.60 bits per heavy atom. The Bertz CT molecular complexity index is 781. The molecule has 2 N–H and O–H groups in total. The van der Waals surface area contributed by atoms with E-state index in [1.165, 1.54) is 69.8 Å². The van der Waals surface area contributed by atoms with Crippen molar-refractivity contribution in [2.45, 2.75) is 95.9 Å². The Labute approximate surface area is 179 Å². The van der Waals surface area contributed by atoms with Gasteiger partial charge in [0.05, 0.1) is 0 Å². The van der Waals surface area contributed by atoms with E-state index in [-0.39, 0.29) is 0 Å². The van der Waals surface area contributed by atoms with E-state index in [0.717, 1.165) is 12.0 Å². The van der Waals surface area contributed by atoms with Crippen LogP contribution in [-0.2, 0) is 12.0 Å². The van der Waals surface area contributed by atoms with Crippen LogP contribution in [0.3, 0.4) is 0 Å². The number of rotatable bonds is 14. The third kappa shape index (κ3) is 6.57. The van der Waals surface area contributed by atoms with Crippen molar-refractivity contribution in [3.63, 3.8) is 0 Å². The maximum Gasteiger partial charge on any atom is 0.405 e. The third-order valence-corrected chi connectivity index (χ3v) is 5.96. The second-order valence-electron chi connectivity index (χ2n) is 8.56. The normalized spacial score (nSPS) is 14.6. The van der Waals surface area contributed by atoms with E-state index >= 15 is 0 Å². The van der Waals surface area contributed by atoms with Gasteiger partial charge in [-0.2, -0.15) is 4.98 Å². The summed E-state index contributed by atoms with van der Waals surface area (Å²) in [5, 5.41) is 15.5. The van der Waals surface area contributed by atoms with E-state index < -0.39 is 11.6 Å². The molecule has 0 bridgehead atoms. The van der Waals surface area contributed by atoms with Gasteiger partial charge in [-0.3, -0.25) is 0 Å². The van der Waals surface area contributed by atoms with Crippen molar-refractivity contribution in [1.82, 2.24) is 15.5 Å². The minimum Gasteiger partial charge on any atom is -0.465 e. The van der Waals surface area contributed by atoms with Crippen LogP contribution in [0.2, 0.25) is 0 Å². The van der Waals surface area contributed by atoms with Crippen LogP contribution in [0.1, 0.15) is 95.4 Å². The van der Waals surface area contributed by atoms with Gasteiger partial charge in [-0.25, -0.2) is 4.79 Å². The van der Waals surface area contributed by atoms with Gasteiger partial charge in [-0.05, 0) is 31.2 Å². The van der Waals surface area contributed by atoms with Crippen molar-refractivity contribution < 1.29 is 14.4 Å². The summed E-state index contributed by atoms with van der Waals surface area (Å²) in [5.41, 5.74) is 1.53. The molecule has 1 aromatic carbocycles. The largest absolute Gasteiger partial charge is 0.465 e. The van der Waals surface area contributed by atoms with Gasteiger partial charge in [0.1, 0.15) is 5.54 Å². The lowest BCUT2D eigenvalue weighted by atomic mass is 10.0. The van der Waals surface area contributed by atoms with Gasteiger partial charge in [-0.15, -0.1) is 0 Å². The number of nitrogens with zero attached hydrogens (tertiary/aromatic N) is 2. The highest BCUT2D eigenvalue weighted by Gasteiger charge is 2.51. The number of hydrogen-bond donors (Lipinski definition) is 2. The van der Waals surface area contributed by atoms with Gasteiger partial charge in [-0.1, -0.05) is 94.1 Å². The smallest absolute Gasteiger partial charge is 0.405 e. The van der Waals surface area contributed by atoms with Gasteiger partial charge in [0.2, 0.25) is 5.82 Å². The Kier molecular flexibility index (Phi) is 8.29. The zero-order chi connectivity index (χ0) is 21.2. The molecule has 1 heterocycles. The number of benzene rings is 1. The van der Waals surface area contributed by atoms with Crippen molar-refractivity contribution in [3.05, 3.63) is 35.7 Å². The molecule has 1 aliphatic rings. The number of carbonyl (C=O) groups is 1. The van der Waals surface area contributed by atoms with E-state index in [0.29, 0.717) is 24.6 Å². The number of unbranched alkanes of at least 4 members (excludes halogenated alkanes) is 9. The van der Waals surface area contributed by atoms with E-state index in [1.54, 1.807) is 0 Å². The molecule has 30 heavy (non-hydrogen) atoms. The number of hydrogen-bond acceptors (Lipinski definition) is 4. The van der Waals surface area contributed by atoms with Crippen molar-refractivity contribution in [1.29, 1.82) is 0 Å². The summed E-state index contributed by atoms with van der Waals surface area (Å²) >= 11 is 0. The summed E-state index contributed by atoms with van der Waals surface area (Å²) in [6.07, 6.45) is 14.9. The summed E-state index contributed by atoms with van der Waals surface area (Å²) < 4.78 is 5.33. The first-order valence-corrected chi connectivity index (χ1v) is 11.6. The standard InChI is InChI=1S/C24H35N3O3/c1-2-3-4-5-6-7-8-9-10-11-12-19-13-15-20(16-14-19)21-25-22(30-27-21)24(17-18-24)26-23(28)29/h13-16,26H,2-12,17-18H2,1H3,(H,28,29). The fourth-order valence-corrected chi connectivity index (χ4v) is 3.89. The molecule has 1 saturated carbocycles. The van der Waals surface area contributed by atoms with E-state index in [2.05, 4.69) is 34.5 Å². The van der Waals surface area contributed by atoms with Gasteiger partial charge in [0.25, 0.3) is 5.89 Å². The van der Waals surface area contributed by atoms with Gasteiger partial charge < -0.3 is 14.9 Å². The predicted molar refractivity (Wildman–Crippen MR) is 117 cm³/mol. The van der Waals surface area contributed by atoms with E-state index in [9.17, 15) is 4.79 Å². The summed E-state index contributed by atoms with van der Waals surface area (Å²) in [5.74, 6) is 0.864. The molecule has 1 amide bonds. The topological polar surface area (TPSA) is 88.2 Å². The molecule has 1 aliphatic carbocycles. The molecule has 0 spiro atoms. The molecule has 0 atom stereocenters. The molecule has 0 saturated heterocycles. The molecule has 3 rings (SSSR count). The average Bonchev–Trinajstić information content (AvgIpc) is 3.33. The summed E-state index contributed by atoms with van der Waals surface area (Å²) in [6, 6.07) is 8.29. The van der Waals surface area contributed by atoms with Crippen LogP contribution in [0.15, 0.2) is 28.8 Å². The molecule has 164 valence electrons. The lowest BCUT2D eigenvalue weighted by Gasteiger charge is -2.08. The Morgan fingerprint density at radius 1 is 1.00 bits per heavy atom. The number of amides is 1. The average molecular weight is 414 g/mol. The Hall–Kier alpha value is -2.37. The number of nitrogens with one attached hydrogen (secondary N) is 1. The second-order valence-corrected chi connectivity index (χ2v) is 8.56. The monoisotopic (exact) mass is 413 g/mol. The number of carboxylic acid groups (broad SMARTS) is 1. The molecule has 6 nitrogen and oxygen atoms in total. The molecular formula is C24H35N3O3. The van der Waals surface area contributed by atoms with Crippen molar-refractivity contribution in [2.75, 3.05) is 0 Å². The van der Waals surface area contributed by atoms with Crippen LogP contribution < -0.4 is 5.32 Å². The van der Waals surface area contributed by atoms with Crippen LogP contribution in [0.5, 0.6) is 0 Å². The molecule has 6 heteroatoms. The summed E-state index contributed by atoms with van der Waals surface area (Å²) in [7, 11) is 0. The van der Waals surface area contributed by atoms with E-state index in [4.69, 9.17) is 9.63 Å². The Morgan fingerprint density at radius 3 is 2.17 bits per heavy atom. The Balaban J connectivity index is 1.36. The van der Waals surface area contributed by atoms with Crippen LogP contribution in [-0.4, -0.2) is 21.3 Å². The maximum atomic E-state index is 10.9. The highest BCUT2D eigenvalue weighted by atomic mass is 16.5. The van der Waals surface area contributed by atoms with E-state index in [1.807, 2.05) is 12.1 Å². The summed E-state index contributed by atoms with van der Waals surface area (Å²) in [6.45, 7) is 2.26. The van der Waals surface area contributed by atoms with Crippen LogP contribution in [0, 0.1) is 0 Å². The van der Waals surface area contributed by atoms with Crippen LogP contribution in [0.25, 0.3) is 11.4 Å². The summed E-state index contributed by atoms with van der Waals surface area (Å²) in [4.78, 5) is 15.4. The molecule has 2 aromatic rings. The molecular weight excluding hydrogens is 378 g/mol. The maximum absolute atomic E-state index is 10.9. The van der Waals surface area contributed by atoms with Crippen molar-refractivity contribution in [2.24, 2.45) is 0 Å². The van der Waals surface area contributed by atoms with Gasteiger partial charge in [0, 0.05) is 5.56 Å². The van der Waals surface area contributed by atoms with Crippen LogP contribution >= 0.6 is 0 Å². The van der Waals surface area contributed by atoms with Gasteiger partial charge in [0.15, 0.2) is 0 Å². The highest BCUT2D eigenvalue weighted by molar-refractivity contribution is 5.66. The zero-order valence-corrected chi connectivity index (χ0v) is 18.2. The quantitative estimate of drug-likeness (QED) is 0.347. The third-order valence-electron chi connectivity index (χ3n) is 5.96. The fourth-order valence-electron chi connectivity index (χ4n) is 3.89. The first-order valence-electron chi connectivity index (χ1n) is 11.6. The highest BCUT2D eigenvalue weighted by Crippen LogP contribution is 2.45. The molecule has 1 fully saturated rings. The second kappa shape index (κ2) is 11.1. The lowest BCUT2D eigenvalue weighted by molar-refractivity contribution is 0.183. The fraction of sp³-hybridized carbons (Fsp3) is 0.625. The van der Waals surface area contributed by atoms with Gasteiger partial charge >= 0.3 is 6.09 Å². The number of aromatic nitrogens is 2. The molecule has 0 radical (unpaired) electrons. The number of aryl methyl sites for hydroxylation is 1.